The molecule has 94 valence electrons. The summed E-state index contributed by atoms with van der Waals surface area (Å²) in [6, 6.07) is 14.8. The number of amides is 1. The third-order valence-electron chi connectivity index (χ3n) is 2.92. The highest BCUT2D eigenvalue weighted by Gasteiger charge is 2.11. The first kappa shape index (κ1) is 11.8. The topological polar surface area (TPSA) is 44.9 Å². The molecule has 0 bridgehead atoms. The Labute approximate surface area is 115 Å². The molecule has 0 aliphatic carbocycles. The molecule has 0 unspecified atom stereocenters. The van der Waals surface area contributed by atoms with Gasteiger partial charge in [-0.25, -0.2) is 0 Å². The number of hydrogen-bond donors (Lipinski definition) is 2. The first-order valence-electron chi connectivity index (χ1n) is 5.87. The Morgan fingerprint density at radius 2 is 1.95 bits per heavy atom. The van der Waals surface area contributed by atoms with Crippen molar-refractivity contribution in [1.82, 2.24) is 4.98 Å². The highest BCUT2D eigenvalue weighted by molar-refractivity contribution is 6.31. The van der Waals surface area contributed by atoms with Crippen LogP contribution in [0.4, 0.5) is 5.69 Å². The van der Waals surface area contributed by atoms with Crippen LogP contribution in [0.3, 0.4) is 0 Å². The molecule has 3 rings (SSSR count). The Morgan fingerprint density at radius 1 is 1.11 bits per heavy atom. The molecule has 0 atom stereocenters. The van der Waals surface area contributed by atoms with Gasteiger partial charge in [0.2, 0.25) is 0 Å². The Kier molecular flexibility index (Phi) is 2.97. The number of rotatable bonds is 2. The number of anilines is 1. The normalized spacial score (nSPS) is 10.6. The van der Waals surface area contributed by atoms with Crippen molar-refractivity contribution in [2.75, 3.05) is 5.32 Å². The number of aromatic amines is 1. The number of benzene rings is 2. The van der Waals surface area contributed by atoms with Gasteiger partial charge in [0, 0.05) is 27.8 Å². The van der Waals surface area contributed by atoms with Gasteiger partial charge in [0.05, 0.1) is 5.56 Å². The van der Waals surface area contributed by atoms with E-state index in [0.717, 1.165) is 10.9 Å². The minimum absolute atomic E-state index is 0.153. The molecule has 0 radical (unpaired) electrons. The first-order chi connectivity index (χ1) is 9.24. The number of halogens is 1. The Balaban J connectivity index is 1.92. The minimum atomic E-state index is -0.153. The van der Waals surface area contributed by atoms with Crippen LogP contribution in [0, 0.1) is 0 Å². The maximum absolute atomic E-state index is 12.2. The zero-order valence-corrected chi connectivity index (χ0v) is 10.7. The fraction of sp³-hybridized carbons (Fsp3) is 0. The van der Waals surface area contributed by atoms with Crippen LogP contribution in [0.25, 0.3) is 10.9 Å². The molecule has 19 heavy (non-hydrogen) atoms. The summed E-state index contributed by atoms with van der Waals surface area (Å²) in [6.07, 6.45) is 1.71. The number of aromatic nitrogens is 1. The second-order valence-electron chi connectivity index (χ2n) is 4.21. The standard InChI is InChI=1S/C15H11ClN2O/c16-10-4-3-5-11(8-10)18-15(19)13-9-17-14-7-2-1-6-12(13)14/h1-9,17H,(H,18,19). The van der Waals surface area contributed by atoms with Crippen molar-refractivity contribution in [3.8, 4) is 0 Å². The van der Waals surface area contributed by atoms with E-state index in [9.17, 15) is 4.79 Å². The quantitative estimate of drug-likeness (QED) is 0.724. The second-order valence-corrected chi connectivity index (χ2v) is 4.65. The Bertz CT molecular complexity index is 748. The van der Waals surface area contributed by atoms with E-state index in [1.807, 2.05) is 24.3 Å². The largest absolute Gasteiger partial charge is 0.360 e. The molecule has 4 heteroatoms. The molecule has 1 heterocycles. The van der Waals surface area contributed by atoms with Crippen molar-refractivity contribution < 1.29 is 4.79 Å². The Hall–Kier alpha value is -2.26. The number of fused-ring (bicyclic) bond motifs is 1. The van der Waals surface area contributed by atoms with Gasteiger partial charge >= 0.3 is 0 Å². The minimum Gasteiger partial charge on any atom is -0.360 e. The molecule has 0 aliphatic heterocycles. The van der Waals surface area contributed by atoms with E-state index in [1.165, 1.54) is 0 Å². The summed E-state index contributed by atoms with van der Waals surface area (Å²) in [4.78, 5) is 15.3. The summed E-state index contributed by atoms with van der Waals surface area (Å²) in [7, 11) is 0. The lowest BCUT2D eigenvalue weighted by Gasteiger charge is -2.04. The van der Waals surface area contributed by atoms with Gasteiger partial charge in [0.1, 0.15) is 0 Å². The average Bonchev–Trinajstić information content (AvgIpc) is 2.82. The summed E-state index contributed by atoms with van der Waals surface area (Å²) in [5.74, 6) is -0.153. The van der Waals surface area contributed by atoms with E-state index >= 15 is 0 Å². The monoisotopic (exact) mass is 270 g/mol. The van der Waals surface area contributed by atoms with Crippen molar-refractivity contribution in [1.29, 1.82) is 0 Å². The van der Waals surface area contributed by atoms with Gasteiger partial charge in [-0.2, -0.15) is 0 Å². The highest BCUT2D eigenvalue weighted by Crippen LogP contribution is 2.20. The number of hydrogen-bond acceptors (Lipinski definition) is 1. The smallest absolute Gasteiger partial charge is 0.257 e. The number of carbonyl (C=O) groups excluding carboxylic acids is 1. The predicted molar refractivity (Wildman–Crippen MR) is 77.7 cm³/mol. The summed E-state index contributed by atoms with van der Waals surface area (Å²) >= 11 is 5.89. The van der Waals surface area contributed by atoms with Crippen molar-refractivity contribution in [3.63, 3.8) is 0 Å². The van der Waals surface area contributed by atoms with E-state index in [0.29, 0.717) is 16.3 Å². The summed E-state index contributed by atoms with van der Waals surface area (Å²) in [5.41, 5.74) is 2.25. The van der Waals surface area contributed by atoms with Crippen LogP contribution in [-0.4, -0.2) is 10.9 Å². The van der Waals surface area contributed by atoms with Crippen LogP contribution in [0.2, 0.25) is 5.02 Å². The lowest BCUT2D eigenvalue weighted by Crippen LogP contribution is -2.11. The SMILES string of the molecule is O=C(Nc1cccc(Cl)c1)c1c[nH]c2ccccc12. The molecular formula is C15H11ClN2O. The van der Waals surface area contributed by atoms with Gasteiger partial charge in [-0.3, -0.25) is 4.79 Å². The molecule has 3 nitrogen and oxygen atoms in total. The van der Waals surface area contributed by atoms with Crippen LogP contribution >= 0.6 is 11.6 Å². The van der Waals surface area contributed by atoms with Gasteiger partial charge in [0.25, 0.3) is 5.91 Å². The summed E-state index contributed by atoms with van der Waals surface area (Å²) in [5, 5.41) is 4.33. The zero-order chi connectivity index (χ0) is 13.2. The van der Waals surface area contributed by atoms with E-state index in [4.69, 9.17) is 11.6 Å². The van der Waals surface area contributed by atoms with Crippen LogP contribution in [0.5, 0.6) is 0 Å². The second kappa shape index (κ2) is 4.78. The van der Waals surface area contributed by atoms with Crippen molar-refractivity contribution in [2.24, 2.45) is 0 Å². The van der Waals surface area contributed by atoms with Crippen LogP contribution in [-0.2, 0) is 0 Å². The fourth-order valence-electron chi connectivity index (χ4n) is 2.02. The molecule has 1 aromatic heterocycles. The summed E-state index contributed by atoms with van der Waals surface area (Å²) < 4.78 is 0. The number of H-pyrrole nitrogens is 1. The highest BCUT2D eigenvalue weighted by atomic mass is 35.5. The van der Waals surface area contributed by atoms with Gasteiger partial charge < -0.3 is 10.3 Å². The maximum Gasteiger partial charge on any atom is 0.257 e. The summed E-state index contributed by atoms with van der Waals surface area (Å²) in [6.45, 7) is 0. The molecule has 0 fully saturated rings. The van der Waals surface area contributed by atoms with Gasteiger partial charge in [-0.15, -0.1) is 0 Å². The van der Waals surface area contributed by atoms with Crippen molar-refractivity contribution >= 4 is 34.1 Å². The van der Waals surface area contributed by atoms with Gasteiger partial charge in [-0.05, 0) is 24.3 Å². The van der Waals surface area contributed by atoms with Gasteiger partial charge in [-0.1, -0.05) is 35.9 Å². The number of para-hydroxylation sites is 1. The van der Waals surface area contributed by atoms with Gasteiger partial charge in [0.15, 0.2) is 0 Å². The van der Waals surface area contributed by atoms with Crippen LogP contribution < -0.4 is 5.32 Å². The molecule has 0 aliphatic rings. The van der Waals surface area contributed by atoms with Crippen molar-refractivity contribution in [2.45, 2.75) is 0 Å². The molecule has 0 saturated carbocycles. The Morgan fingerprint density at radius 3 is 2.79 bits per heavy atom. The van der Waals surface area contributed by atoms with E-state index < -0.39 is 0 Å². The average molecular weight is 271 g/mol. The molecular weight excluding hydrogens is 260 g/mol. The third-order valence-corrected chi connectivity index (χ3v) is 3.15. The van der Waals surface area contributed by atoms with E-state index in [2.05, 4.69) is 10.3 Å². The first-order valence-corrected chi connectivity index (χ1v) is 6.25. The van der Waals surface area contributed by atoms with Crippen molar-refractivity contribution in [3.05, 3.63) is 65.3 Å². The molecule has 0 saturated heterocycles. The van der Waals surface area contributed by atoms with Crippen LogP contribution in [0.1, 0.15) is 10.4 Å². The maximum atomic E-state index is 12.2. The third kappa shape index (κ3) is 2.33. The number of carbonyl (C=O) groups is 1. The molecule has 3 aromatic rings. The zero-order valence-electron chi connectivity index (χ0n) is 9.98. The molecule has 1 amide bonds. The predicted octanol–water partition coefficient (Wildman–Crippen LogP) is 4.07. The molecule has 0 spiro atoms. The lowest BCUT2D eigenvalue weighted by atomic mass is 10.1. The number of nitrogens with one attached hydrogen (secondary N) is 2. The van der Waals surface area contributed by atoms with E-state index in [1.54, 1.807) is 30.5 Å². The van der Waals surface area contributed by atoms with Crippen LogP contribution in [0.15, 0.2) is 54.7 Å². The lowest BCUT2D eigenvalue weighted by molar-refractivity contribution is 0.102. The van der Waals surface area contributed by atoms with E-state index in [-0.39, 0.29) is 5.91 Å². The molecule has 2 aromatic carbocycles. The molecule has 2 N–H and O–H groups in total. The fourth-order valence-corrected chi connectivity index (χ4v) is 2.21.